The predicted molar refractivity (Wildman–Crippen MR) is 81.6 cm³/mol. The van der Waals surface area contributed by atoms with Gasteiger partial charge in [-0.1, -0.05) is 12.1 Å². The number of benzene rings is 2. The van der Waals surface area contributed by atoms with Gasteiger partial charge in [-0.15, -0.1) is 13.2 Å². The van der Waals surface area contributed by atoms with E-state index >= 15 is 0 Å². The van der Waals surface area contributed by atoms with Crippen LogP contribution < -0.4 is 9.46 Å². The monoisotopic (exact) mass is 411 g/mol. The molecule has 0 aliphatic heterocycles. The third kappa shape index (κ3) is 4.84. The number of anilines is 1. The number of sulfonamides is 1. The average Bonchev–Trinajstić information content (AvgIpc) is 2.55. The molecule has 146 valence electrons. The van der Waals surface area contributed by atoms with Gasteiger partial charge in [0.05, 0.1) is 18.4 Å². The SMILES string of the molecule is COC(=O)c1cc(NS(=O)(=O)c2ccccc2OC(F)(F)F)c(F)cc1F. The maximum atomic E-state index is 13.9. The maximum Gasteiger partial charge on any atom is 0.573 e. The Morgan fingerprint density at radius 3 is 2.30 bits per heavy atom. The fourth-order valence-corrected chi connectivity index (χ4v) is 3.16. The van der Waals surface area contributed by atoms with Gasteiger partial charge >= 0.3 is 12.3 Å². The fraction of sp³-hybridized carbons (Fsp3) is 0.133. The number of carbonyl (C=O) groups is 1. The van der Waals surface area contributed by atoms with Gasteiger partial charge in [-0.3, -0.25) is 4.72 Å². The van der Waals surface area contributed by atoms with Crippen LogP contribution in [0.15, 0.2) is 41.3 Å². The second kappa shape index (κ2) is 7.39. The molecule has 0 aromatic heterocycles. The summed E-state index contributed by atoms with van der Waals surface area (Å²) >= 11 is 0. The minimum atomic E-state index is -5.18. The normalized spacial score (nSPS) is 11.8. The van der Waals surface area contributed by atoms with Crippen molar-refractivity contribution in [2.24, 2.45) is 0 Å². The smallest absolute Gasteiger partial charge is 0.465 e. The molecule has 2 rings (SSSR count). The summed E-state index contributed by atoms with van der Waals surface area (Å²) in [6.07, 6.45) is -5.18. The van der Waals surface area contributed by atoms with Crippen LogP contribution in [0.3, 0.4) is 0 Å². The summed E-state index contributed by atoms with van der Waals surface area (Å²) < 4.78 is 99.1. The van der Waals surface area contributed by atoms with Gasteiger partial charge in [-0.25, -0.2) is 22.0 Å². The van der Waals surface area contributed by atoms with Crippen LogP contribution in [0.1, 0.15) is 10.4 Å². The third-order valence-electron chi connectivity index (χ3n) is 3.07. The molecular formula is C15H10F5NO5S. The van der Waals surface area contributed by atoms with E-state index in [-0.39, 0.29) is 6.07 Å². The van der Waals surface area contributed by atoms with E-state index < -0.39 is 55.9 Å². The van der Waals surface area contributed by atoms with Crippen LogP contribution >= 0.6 is 0 Å². The van der Waals surface area contributed by atoms with Crippen molar-refractivity contribution >= 4 is 21.7 Å². The molecule has 0 aliphatic rings. The molecule has 0 fully saturated rings. The standard InChI is InChI=1S/C15H10F5NO5S/c1-25-14(22)8-6-11(10(17)7-9(8)16)21-27(23,24)13-5-3-2-4-12(13)26-15(18,19)20/h2-7,21H,1H3. The highest BCUT2D eigenvalue weighted by atomic mass is 32.2. The molecular weight excluding hydrogens is 401 g/mol. The van der Waals surface area contributed by atoms with E-state index in [2.05, 4.69) is 9.47 Å². The number of rotatable bonds is 5. The molecule has 1 N–H and O–H groups in total. The van der Waals surface area contributed by atoms with Crippen molar-refractivity contribution in [3.63, 3.8) is 0 Å². The van der Waals surface area contributed by atoms with Gasteiger partial charge in [0.15, 0.2) is 0 Å². The van der Waals surface area contributed by atoms with Crippen molar-refractivity contribution < 1.29 is 44.6 Å². The fourth-order valence-electron chi connectivity index (χ4n) is 1.97. The molecule has 2 aromatic carbocycles. The Hall–Kier alpha value is -2.89. The molecule has 27 heavy (non-hydrogen) atoms. The molecule has 0 aliphatic carbocycles. The van der Waals surface area contributed by atoms with Crippen LogP contribution in [0, 0.1) is 11.6 Å². The minimum Gasteiger partial charge on any atom is -0.465 e. The van der Waals surface area contributed by atoms with Crippen LogP contribution in [-0.2, 0) is 14.8 Å². The summed E-state index contributed by atoms with van der Waals surface area (Å²) in [6, 6.07) is 4.46. The summed E-state index contributed by atoms with van der Waals surface area (Å²) in [5.41, 5.74) is -1.66. The van der Waals surface area contributed by atoms with Crippen molar-refractivity contribution in [1.29, 1.82) is 0 Å². The molecule has 0 saturated heterocycles. The molecule has 0 bridgehead atoms. The summed E-state index contributed by atoms with van der Waals surface area (Å²) in [4.78, 5) is 10.5. The lowest BCUT2D eigenvalue weighted by atomic mass is 10.2. The lowest BCUT2D eigenvalue weighted by Gasteiger charge is -2.15. The number of ether oxygens (including phenoxy) is 2. The average molecular weight is 411 g/mol. The van der Waals surface area contributed by atoms with Crippen LogP contribution in [0.2, 0.25) is 0 Å². The zero-order valence-corrected chi connectivity index (χ0v) is 14.1. The number of esters is 1. The van der Waals surface area contributed by atoms with Crippen LogP contribution in [0.4, 0.5) is 27.6 Å². The van der Waals surface area contributed by atoms with Gasteiger partial charge in [0, 0.05) is 6.07 Å². The van der Waals surface area contributed by atoms with E-state index in [9.17, 15) is 35.2 Å². The Morgan fingerprint density at radius 2 is 1.70 bits per heavy atom. The first-order valence-corrected chi connectivity index (χ1v) is 8.38. The van der Waals surface area contributed by atoms with Gasteiger partial charge in [-0.05, 0) is 18.2 Å². The highest BCUT2D eigenvalue weighted by Crippen LogP contribution is 2.31. The first-order chi connectivity index (χ1) is 12.4. The Bertz CT molecular complexity index is 975. The van der Waals surface area contributed by atoms with E-state index in [1.165, 1.54) is 0 Å². The van der Waals surface area contributed by atoms with E-state index in [0.29, 0.717) is 6.07 Å². The number of hydrogen-bond acceptors (Lipinski definition) is 5. The number of carbonyl (C=O) groups excluding carboxylic acids is 1. The van der Waals surface area contributed by atoms with Gasteiger partial charge in [0.25, 0.3) is 10.0 Å². The molecule has 2 aromatic rings. The molecule has 0 atom stereocenters. The Balaban J connectivity index is 2.48. The van der Waals surface area contributed by atoms with Gasteiger partial charge in [-0.2, -0.15) is 0 Å². The first-order valence-electron chi connectivity index (χ1n) is 6.89. The predicted octanol–water partition coefficient (Wildman–Crippen LogP) is 3.45. The van der Waals surface area contributed by atoms with Crippen molar-refractivity contribution in [3.8, 4) is 5.75 Å². The number of methoxy groups -OCH3 is 1. The maximum absolute atomic E-state index is 13.9. The molecule has 0 saturated carbocycles. The van der Waals surface area contributed by atoms with Crippen LogP contribution in [0.25, 0.3) is 0 Å². The number of hydrogen-bond donors (Lipinski definition) is 1. The van der Waals surface area contributed by atoms with E-state index in [0.717, 1.165) is 31.4 Å². The summed E-state index contributed by atoms with van der Waals surface area (Å²) in [5, 5.41) is 0. The summed E-state index contributed by atoms with van der Waals surface area (Å²) in [5.74, 6) is -5.00. The van der Waals surface area contributed by atoms with Crippen molar-refractivity contribution in [2.45, 2.75) is 11.3 Å². The number of alkyl halides is 3. The molecule has 0 amide bonds. The highest BCUT2D eigenvalue weighted by molar-refractivity contribution is 7.92. The molecule has 0 spiro atoms. The zero-order chi connectivity index (χ0) is 20.4. The van der Waals surface area contributed by atoms with E-state index in [4.69, 9.17) is 0 Å². The first kappa shape index (κ1) is 20.4. The third-order valence-corrected chi connectivity index (χ3v) is 4.48. The molecule has 0 radical (unpaired) electrons. The van der Waals surface area contributed by atoms with Crippen molar-refractivity contribution in [1.82, 2.24) is 0 Å². The van der Waals surface area contributed by atoms with Crippen molar-refractivity contribution in [3.05, 3.63) is 53.6 Å². The number of halogens is 5. The topological polar surface area (TPSA) is 81.7 Å². The largest absolute Gasteiger partial charge is 0.573 e. The number of para-hydroxylation sites is 1. The van der Waals surface area contributed by atoms with Gasteiger partial charge in [0.1, 0.15) is 22.3 Å². The summed E-state index contributed by atoms with van der Waals surface area (Å²) in [6.45, 7) is 0. The van der Waals surface area contributed by atoms with Crippen LogP contribution in [-0.4, -0.2) is 27.9 Å². The molecule has 6 nitrogen and oxygen atoms in total. The second-order valence-electron chi connectivity index (χ2n) is 4.90. The lowest BCUT2D eigenvalue weighted by Crippen LogP contribution is -2.21. The van der Waals surface area contributed by atoms with Crippen LogP contribution in [0.5, 0.6) is 5.75 Å². The van der Waals surface area contributed by atoms with Crippen molar-refractivity contribution in [2.75, 3.05) is 11.8 Å². The lowest BCUT2D eigenvalue weighted by molar-refractivity contribution is -0.275. The van der Waals surface area contributed by atoms with Gasteiger partial charge < -0.3 is 9.47 Å². The molecule has 12 heteroatoms. The summed E-state index contributed by atoms with van der Waals surface area (Å²) in [7, 11) is -3.87. The Kier molecular flexibility index (Phi) is 5.59. The number of nitrogens with one attached hydrogen (secondary N) is 1. The second-order valence-corrected chi connectivity index (χ2v) is 6.55. The van der Waals surface area contributed by atoms with Gasteiger partial charge in [0.2, 0.25) is 0 Å². The molecule has 0 unspecified atom stereocenters. The van der Waals surface area contributed by atoms with E-state index in [1.54, 1.807) is 4.72 Å². The van der Waals surface area contributed by atoms with E-state index in [1.807, 2.05) is 0 Å². The molecule has 0 heterocycles. The Morgan fingerprint density at radius 1 is 1.07 bits per heavy atom. The quantitative estimate of drug-likeness (QED) is 0.602. The minimum absolute atomic E-state index is 0.224. The zero-order valence-electron chi connectivity index (χ0n) is 13.3. The Labute approximate surface area is 149 Å². The highest BCUT2D eigenvalue weighted by Gasteiger charge is 2.34.